The summed E-state index contributed by atoms with van der Waals surface area (Å²) in [6.45, 7) is 4.23. The molecule has 19 heavy (non-hydrogen) atoms. The van der Waals surface area contributed by atoms with Crippen molar-refractivity contribution in [1.82, 2.24) is 4.98 Å². The van der Waals surface area contributed by atoms with Gasteiger partial charge in [-0.05, 0) is 24.0 Å². The average molecular weight is 292 g/mol. The van der Waals surface area contributed by atoms with E-state index in [4.69, 9.17) is 11.6 Å². The first-order chi connectivity index (χ1) is 8.94. The summed E-state index contributed by atoms with van der Waals surface area (Å²) < 4.78 is 0. The second-order valence-electron chi connectivity index (χ2n) is 5.75. The largest absolute Gasteiger partial charge is 0.293 e. The van der Waals surface area contributed by atoms with E-state index in [1.165, 1.54) is 11.3 Å². The standard InChI is InChI=1S/C15H14ClNOS/c1-15(2)7-11-13(12(18)8-15)19-14(17-11)9-4-3-5-10(16)6-9/h3-6H,7-8H2,1-2H3. The van der Waals surface area contributed by atoms with E-state index in [9.17, 15) is 4.79 Å². The zero-order valence-corrected chi connectivity index (χ0v) is 12.4. The number of thiazole rings is 1. The number of hydrogen-bond acceptors (Lipinski definition) is 3. The summed E-state index contributed by atoms with van der Waals surface area (Å²) in [6, 6.07) is 7.61. The van der Waals surface area contributed by atoms with Crippen molar-refractivity contribution in [3.63, 3.8) is 0 Å². The third-order valence-electron chi connectivity index (χ3n) is 3.31. The van der Waals surface area contributed by atoms with Gasteiger partial charge in [0, 0.05) is 17.0 Å². The van der Waals surface area contributed by atoms with Gasteiger partial charge in [-0.15, -0.1) is 11.3 Å². The number of carbonyl (C=O) groups is 1. The highest BCUT2D eigenvalue weighted by molar-refractivity contribution is 7.17. The SMILES string of the molecule is CC1(C)CC(=O)c2sc(-c3cccc(Cl)c3)nc2C1. The summed E-state index contributed by atoms with van der Waals surface area (Å²) in [5.41, 5.74) is 1.95. The van der Waals surface area contributed by atoms with Crippen LogP contribution in [0, 0.1) is 5.41 Å². The fraction of sp³-hybridized carbons (Fsp3) is 0.333. The molecule has 0 N–H and O–H groups in total. The number of ketones is 1. The van der Waals surface area contributed by atoms with Gasteiger partial charge in [-0.25, -0.2) is 4.98 Å². The molecule has 1 aliphatic rings. The van der Waals surface area contributed by atoms with E-state index in [1.54, 1.807) is 0 Å². The number of hydrogen-bond donors (Lipinski definition) is 0. The first-order valence-corrected chi connectivity index (χ1v) is 7.43. The molecule has 2 aromatic rings. The Morgan fingerprint density at radius 3 is 2.84 bits per heavy atom. The van der Waals surface area contributed by atoms with Crippen molar-refractivity contribution in [2.24, 2.45) is 5.41 Å². The third-order valence-corrected chi connectivity index (χ3v) is 4.73. The zero-order valence-electron chi connectivity index (χ0n) is 10.9. The molecule has 0 saturated heterocycles. The summed E-state index contributed by atoms with van der Waals surface area (Å²) in [5.74, 6) is 0.219. The Bertz CT molecular complexity index is 660. The lowest BCUT2D eigenvalue weighted by Gasteiger charge is -2.26. The van der Waals surface area contributed by atoms with Gasteiger partial charge in [0.05, 0.1) is 10.6 Å². The molecule has 1 aromatic heterocycles. The Kier molecular flexibility index (Phi) is 2.99. The quantitative estimate of drug-likeness (QED) is 0.767. The van der Waals surface area contributed by atoms with Crippen LogP contribution >= 0.6 is 22.9 Å². The molecule has 0 amide bonds. The highest BCUT2D eigenvalue weighted by Crippen LogP contribution is 2.39. The number of benzene rings is 1. The Labute approximate surface area is 121 Å². The Balaban J connectivity index is 2.06. The third kappa shape index (κ3) is 2.45. The number of rotatable bonds is 1. The van der Waals surface area contributed by atoms with E-state index in [2.05, 4.69) is 18.8 Å². The number of Topliss-reactive ketones (excluding diaryl/α,β-unsaturated/α-hetero) is 1. The summed E-state index contributed by atoms with van der Waals surface area (Å²) in [4.78, 5) is 17.6. The maximum Gasteiger partial charge on any atom is 0.175 e. The van der Waals surface area contributed by atoms with Crippen LogP contribution in [0.3, 0.4) is 0 Å². The maximum absolute atomic E-state index is 12.2. The summed E-state index contributed by atoms with van der Waals surface area (Å²) in [5, 5.41) is 1.58. The second kappa shape index (κ2) is 4.43. The van der Waals surface area contributed by atoms with Crippen LogP contribution in [-0.4, -0.2) is 10.8 Å². The van der Waals surface area contributed by atoms with Crippen molar-refractivity contribution in [2.45, 2.75) is 26.7 Å². The van der Waals surface area contributed by atoms with Gasteiger partial charge in [-0.1, -0.05) is 37.6 Å². The normalized spacial score (nSPS) is 17.3. The van der Waals surface area contributed by atoms with E-state index in [-0.39, 0.29) is 11.2 Å². The van der Waals surface area contributed by atoms with E-state index in [0.717, 1.165) is 27.6 Å². The van der Waals surface area contributed by atoms with Gasteiger partial charge in [-0.2, -0.15) is 0 Å². The number of nitrogens with zero attached hydrogens (tertiary/aromatic N) is 1. The molecule has 1 aromatic carbocycles. The Hall–Kier alpha value is -1.19. The second-order valence-corrected chi connectivity index (χ2v) is 7.18. The molecule has 0 saturated carbocycles. The Morgan fingerprint density at radius 1 is 1.32 bits per heavy atom. The summed E-state index contributed by atoms with van der Waals surface area (Å²) in [7, 11) is 0. The van der Waals surface area contributed by atoms with Gasteiger partial charge < -0.3 is 0 Å². The van der Waals surface area contributed by atoms with Crippen molar-refractivity contribution in [3.05, 3.63) is 39.9 Å². The van der Waals surface area contributed by atoms with Crippen LogP contribution in [0.25, 0.3) is 10.6 Å². The van der Waals surface area contributed by atoms with Crippen LogP contribution in [0.4, 0.5) is 0 Å². The fourth-order valence-electron chi connectivity index (χ4n) is 2.47. The van der Waals surface area contributed by atoms with Crippen LogP contribution in [0.15, 0.2) is 24.3 Å². The molecular weight excluding hydrogens is 278 g/mol. The molecule has 0 atom stereocenters. The van der Waals surface area contributed by atoms with E-state index >= 15 is 0 Å². The Morgan fingerprint density at radius 2 is 2.11 bits per heavy atom. The molecule has 0 bridgehead atoms. The molecule has 0 radical (unpaired) electrons. The van der Waals surface area contributed by atoms with Crippen LogP contribution in [0.5, 0.6) is 0 Å². The molecule has 1 heterocycles. The van der Waals surface area contributed by atoms with Gasteiger partial charge in [0.25, 0.3) is 0 Å². The van der Waals surface area contributed by atoms with Crippen molar-refractivity contribution in [2.75, 3.05) is 0 Å². The van der Waals surface area contributed by atoms with Gasteiger partial charge >= 0.3 is 0 Å². The molecule has 2 nitrogen and oxygen atoms in total. The fourth-order valence-corrected chi connectivity index (χ4v) is 3.67. The minimum absolute atomic E-state index is 0.0176. The highest BCUT2D eigenvalue weighted by Gasteiger charge is 2.33. The predicted octanol–water partition coefficient (Wildman–Crippen LogP) is 4.62. The summed E-state index contributed by atoms with van der Waals surface area (Å²) in [6.07, 6.45) is 1.47. The van der Waals surface area contributed by atoms with E-state index in [0.29, 0.717) is 11.4 Å². The minimum atomic E-state index is 0.0176. The van der Waals surface area contributed by atoms with E-state index in [1.807, 2.05) is 24.3 Å². The van der Waals surface area contributed by atoms with Crippen molar-refractivity contribution >= 4 is 28.7 Å². The molecule has 0 fully saturated rings. The van der Waals surface area contributed by atoms with Gasteiger partial charge in [-0.3, -0.25) is 4.79 Å². The van der Waals surface area contributed by atoms with Crippen LogP contribution in [-0.2, 0) is 6.42 Å². The first-order valence-electron chi connectivity index (χ1n) is 6.23. The molecule has 98 valence electrons. The first kappa shape index (κ1) is 12.8. The van der Waals surface area contributed by atoms with Gasteiger partial charge in [0.15, 0.2) is 5.78 Å². The van der Waals surface area contributed by atoms with Crippen molar-refractivity contribution in [1.29, 1.82) is 0 Å². The number of fused-ring (bicyclic) bond motifs is 1. The number of carbonyl (C=O) groups excluding carboxylic acids is 1. The van der Waals surface area contributed by atoms with Crippen LogP contribution in [0.2, 0.25) is 5.02 Å². The maximum atomic E-state index is 12.2. The summed E-state index contributed by atoms with van der Waals surface area (Å²) >= 11 is 7.49. The molecule has 0 aliphatic heterocycles. The highest BCUT2D eigenvalue weighted by atomic mass is 35.5. The van der Waals surface area contributed by atoms with Gasteiger partial charge in [0.2, 0.25) is 0 Å². The number of aromatic nitrogens is 1. The monoisotopic (exact) mass is 291 g/mol. The minimum Gasteiger partial charge on any atom is -0.293 e. The van der Waals surface area contributed by atoms with Crippen molar-refractivity contribution < 1.29 is 4.79 Å². The molecular formula is C15H14ClNOS. The molecule has 1 aliphatic carbocycles. The van der Waals surface area contributed by atoms with Crippen molar-refractivity contribution in [3.8, 4) is 10.6 Å². The van der Waals surface area contributed by atoms with Crippen LogP contribution in [0.1, 0.15) is 35.6 Å². The smallest absolute Gasteiger partial charge is 0.175 e. The van der Waals surface area contributed by atoms with Gasteiger partial charge in [0.1, 0.15) is 5.01 Å². The molecule has 0 spiro atoms. The lowest BCUT2D eigenvalue weighted by Crippen LogP contribution is -2.25. The topological polar surface area (TPSA) is 30.0 Å². The zero-order chi connectivity index (χ0) is 13.6. The lowest BCUT2D eigenvalue weighted by atomic mass is 9.78. The predicted molar refractivity (Wildman–Crippen MR) is 79.0 cm³/mol. The molecule has 4 heteroatoms. The van der Waals surface area contributed by atoms with Crippen LogP contribution < -0.4 is 0 Å². The average Bonchev–Trinajstić information content (AvgIpc) is 2.71. The molecule has 0 unspecified atom stereocenters. The van der Waals surface area contributed by atoms with E-state index < -0.39 is 0 Å². The molecule has 3 rings (SSSR count). The number of halogens is 1. The lowest BCUT2D eigenvalue weighted by molar-refractivity contribution is 0.0916.